The van der Waals surface area contributed by atoms with E-state index in [1.54, 1.807) is 0 Å². The highest BCUT2D eigenvalue weighted by Crippen LogP contribution is 2.27. The number of aliphatic hydroxyl groups excluding tert-OH is 1. The summed E-state index contributed by atoms with van der Waals surface area (Å²) in [4.78, 5) is 17.1. The second-order valence-corrected chi connectivity index (χ2v) is 7.05. The Bertz CT molecular complexity index is 918. The van der Waals surface area contributed by atoms with E-state index in [0.717, 1.165) is 34.1 Å². The van der Waals surface area contributed by atoms with Gasteiger partial charge >= 0.3 is 0 Å². The standard InChI is InChI=1S/C24H27NO2/c1-3-20(26)11-12-21(27)15-17-10-13-24-19(14-17)16-22(23(4-2)25-24)18-8-6-5-7-9-18/h5-10,13-14,16,20,26H,3-4,11-12,15H2,1-2H3. The molecule has 140 valence electrons. The lowest BCUT2D eigenvalue weighted by atomic mass is 9.98. The molecule has 0 saturated heterocycles. The molecule has 1 unspecified atom stereocenters. The molecule has 0 saturated carbocycles. The summed E-state index contributed by atoms with van der Waals surface area (Å²) in [6.45, 7) is 4.05. The molecule has 3 heteroatoms. The van der Waals surface area contributed by atoms with Crippen molar-refractivity contribution in [2.45, 2.75) is 52.1 Å². The molecule has 0 spiro atoms. The van der Waals surface area contributed by atoms with Crippen LogP contribution >= 0.6 is 0 Å². The molecule has 0 fully saturated rings. The number of benzene rings is 2. The van der Waals surface area contributed by atoms with E-state index < -0.39 is 0 Å². The SMILES string of the molecule is CCc1nc2ccc(CC(=O)CCC(O)CC)cc2cc1-c1ccccc1. The third-order valence-electron chi connectivity index (χ3n) is 5.01. The number of carbonyl (C=O) groups excluding carboxylic acids is 1. The number of carbonyl (C=O) groups is 1. The first kappa shape index (κ1) is 19.2. The Kier molecular flexibility index (Phi) is 6.36. The van der Waals surface area contributed by atoms with Crippen molar-refractivity contribution in [1.82, 2.24) is 4.98 Å². The lowest BCUT2D eigenvalue weighted by Crippen LogP contribution is -2.10. The Morgan fingerprint density at radius 3 is 2.56 bits per heavy atom. The first-order chi connectivity index (χ1) is 13.1. The lowest BCUT2D eigenvalue weighted by Gasteiger charge is -2.11. The van der Waals surface area contributed by atoms with Gasteiger partial charge in [0.15, 0.2) is 0 Å². The fraction of sp³-hybridized carbons (Fsp3) is 0.333. The molecule has 0 radical (unpaired) electrons. The summed E-state index contributed by atoms with van der Waals surface area (Å²) in [7, 11) is 0. The van der Waals surface area contributed by atoms with Gasteiger partial charge in [-0.2, -0.15) is 0 Å². The van der Waals surface area contributed by atoms with Crippen LogP contribution in [0.15, 0.2) is 54.6 Å². The summed E-state index contributed by atoms with van der Waals surface area (Å²) in [6.07, 6.45) is 2.56. The summed E-state index contributed by atoms with van der Waals surface area (Å²) < 4.78 is 0. The average molecular weight is 361 g/mol. The number of aliphatic hydroxyl groups is 1. The minimum atomic E-state index is -0.379. The summed E-state index contributed by atoms with van der Waals surface area (Å²) in [6, 6.07) is 18.6. The number of hydrogen-bond acceptors (Lipinski definition) is 3. The predicted molar refractivity (Wildman–Crippen MR) is 111 cm³/mol. The van der Waals surface area contributed by atoms with Gasteiger partial charge in [-0.25, -0.2) is 0 Å². The zero-order valence-corrected chi connectivity index (χ0v) is 16.1. The number of Topliss-reactive ketones (excluding diaryl/α,β-unsaturated/α-hetero) is 1. The van der Waals surface area contributed by atoms with Crippen LogP contribution in [-0.2, 0) is 17.6 Å². The smallest absolute Gasteiger partial charge is 0.137 e. The fourth-order valence-electron chi connectivity index (χ4n) is 3.36. The van der Waals surface area contributed by atoms with Crippen molar-refractivity contribution in [2.75, 3.05) is 0 Å². The predicted octanol–water partition coefficient (Wildman–Crippen LogP) is 5.13. The molecule has 1 aromatic heterocycles. The number of aryl methyl sites for hydroxylation is 1. The van der Waals surface area contributed by atoms with Crippen molar-refractivity contribution in [3.8, 4) is 11.1 Å². The van der Waals surface area contributed by atoms with Gasteiger partial charge in [0.25, 0.3) is 0 Å². The molecular formula is C24H27NO2. The summed E-state index contributed by atoms with van der Waals surface area (Å²) in [5, 5.41) is 10.7. The minimum Gasteiger partial charge on any atom is -0.393 e. The van der Waals surface area contributed by atoms with Crippen molar-refractivity contribution in [2.24, 2.45) is 0 Å². The molecule has 0 aliphatic heterocycles. The zero-order chi connectivity index (χ0) is 19.2. The third kappa shape index (κ3) is 4.81. The second-order valence-electron chi connectivity index (χ2n) is 7.05. The maximum absolute atomic E-state index is 12.2. The Labute approximate surface area is 161 Å². The van der Waals surface area contributed by atoms with Crippen LogP contribution < -0.4 is 0 Å². The second kappa shape index (κ2) is 8.92. The monoisotopic (exact) mass is 361 g/mol. The Hall–Kier alpha value is -2.52. The van der Waals surface area contributed by atoms with Gasteiger partial charge in [0.2, 0.25) is 0 Å². The van der Waals surface area contributed by atoms with Gasteiger partial charge in [0, 0.05) is 29.5 Å². The Balaban J connectivity index is 1.87. The molecule has 0 aliphatic carbocycles. The summed E-state index contributed by atoms with van der Waals surface area (Å²) in [5.41, 5.74) is 5.37. The van der Waals surface area contributed by atoms with Crippen LogP contribution in [0.3, 0.4) is 0 Å². The number of ketones is 1. The van der Waals surface area contributed by atoms with Crippen molar-refractivity contribution in [1.29, 1.82) is 0 Å². The number of fused-ring (bicyclic) bond motifs is 1. The zero-order valence-electron chi connectivity index (χ0n) is 16.1. The molecule has 1 heterocycles. The summed E-state index contributed by atoms with van der Waals surface area (Å²) in [5.74, 6) is 0.170. The quantitative estimate of drug-likeness (QED) is 0.605. The van der Waals surface area contributed by atoms with Crippen molar-refractivity contribution in [3.05, 3.63) is 65.9 Å². The topological polar surface area (TPSA) is 50.2 Å². The van der Waals surface area contributed by atoms with Crippen LogP contribution in [-0.4, -0.2) is 22.0 Å². The molecule has 3 aromatic rings. The third-order valence-corrected chi connectivity index (χ3v) is 5.01. The molecule has 3 rings (SSSR count). The molecule has 0 aliphatic rings. The van der Waals surface area contributed by atoms with Crippen molar-refractivity contribution < 1.29 is 9.90 Å². The Morgan fingerprint density at radius 2 is 1.85 bits per heavy atom. The van der Waals surface area contributed by atoms with Crippen molar-refractivity contribution >= 4 is 16.7 Å². The molecular weight excluding hydrogens is 334 g/mol. The minimum absolute atomic E-state index is 0.170. The van der Waals surface area contributed by atoms with Gasteiger partial charge in [0.05, 0.1) is 11.6 Å². The van der Waals surface area contributed by atoms with Crippen LogP contribution in [0.2, 0.25) is 0 Å². The van der Waals surface area contributed by atoms with E-state index in [1.165, 1.54) is 5.56 Å². The van der Waals surface area contributed by atoms with Gasteiger partial charge in [-0.1, -0.05) is 50.2 Å². The van der Waals surface area contributed by atoms with Crippen LogP contribution in [0.4, 0.5) is 0 Å². The molecule has 0 bridgehead atoms. The van der Waals surface area contributed by atoms with Crippen LogP contribution in [0.5, 0.6) is 0 Å². The molecule has 3 nitrogen and oxygen atoms in total. The molecule has 1 atom stereocenters. The fourth-order valence-corrected chi connectivity index (χ4v) is 3.36. The van der Waals surface area contributed by atoms with Gasteiger partial charge < -0.3 is 5.11 Å². The molecule has 27 heavy (non-hydrogen) atoms. The average Bonchev–Trinajstić information content (AvgIpc) is 2.71. The largest absolute Gasteiger partial charge is 0.393 e. The van der Waals surface area contributed by atoms with Gasteiger partial charge in [-0.05, 0) is 48.6 Å². The van der Waals surface area contributed by atoms with E-state index in [2.05, 4.69) is 31.2 Å². The lowest BCUT2D eigenvalue weighted by molar-refractivity contribution is -0.119. The number of rotatable bonds is 8. The number of aromatic nitrogens is 1. The molecule has 0 amide bonds. The van der Waals surface area contributed by atoms with E-state index in [1.807, 2.05) is 37.3 Å². The normalized spacial score (nSPS) is 12.3. The first-order valence-corrected chi connectivity index (χ1v) is 9.78. The van der Waals surface area contributed by atoms with E-state index in [9.17, 15) is 9.90 Å². The maximum atomic E-state index is 12.2. The number of pyridine rings is 1. The van der Waals surface area contributed by atoms with E-state index in [-0.39, 0.29) is 11.9 Å². The highest BCUT2D eigenvalue weighted by atomic mass is 16.3. The van der Waals surface area contributed by atoms with Gasteiger partial charge in [-0.15, -0.1) is 0 Å². The van der Waals surface area contributed by atoms with E-state index in [4.69, 9.17) is 4.98 Å². The van der Waals surface area contributed by atoms with E-state index in [0.29, 0.717) is 25.7 Å². The molecule has 2 aromatic carbocycles. The first-order valence-electron chi connectivity index (χ1n) is 9.78. The number of nitrogens with zero attached hydrogens (tertiary/aromatic N) is 1. The van der Waals surface area contributed by atoms with Gasteiger partial charge in [-0.3, -0.25) is 9.78 Å². The molecule has 1 N–H and O–H groups in total. The summed E-state index contributed by atoms with van der Waals surface area (Å²) >= 11 is 0. The Morgan fingerprint density at radius 1 is 1.07 bits per heavy atom. The van der Waals surface area contributed by atoms with Crippen molar-refractivity contribution in [3.63, 3.8) is 0 Å². The number of hydrogen-bond donors (Lipinski definition) is 1. The highest BCUT2D eigenvalue weighted by Gasteiger charge is 2.11. The van der Waals surface area contributed by atoms with E-state index >= 15 is 0 Å². The van der Waals surface area contributed by atoms with Gasteiger partial charge in [0.1, 0.15) is 5.78 Å². The maximum Gasteiger partial charge on any atom is 0.137 e. The highest BCUT2D eigenvalue weighted by molar-refractivity contribution is 5.87. The van der Waals surface area contributed by atoms with Crippen LogP contribution in [0, 0.1) is 0 Å². The van der Waals surface area contributed by atoms with Crippen LogP contribution in [0.25, 0.3) is 22.0 Å². The van der Waals surface area contributed by atoms with Crippen LogP contribution in [0.1, 0.15) is 44.4 Å².